The maximum absolute atomic E-state index is 10.9. The quantitative estimate of drug-likeness (QED) is 0.726. The highest BCUT2D eigenvalue weighted by Gasteiger charge is 1.97. The normalized spacial score (nSPS) is 10.4. The van der Waals surface area contributed by atoms with Crippen LogP contribution in [0.5, 0.6) is 5.88 Å². The van der Waals surface area contributed by atoms with E-state index in [1.807, 2.05) is 13.8 Å². The van der Waals surface area contributed by atoms with Gasteiger partial charge in [-0.15, -0.1) is 0 Å². The van der Waals surface area contributed by atoms with Crippen molar-refractivity contribution in [2.24, 2.45) is 5.92 Å². The SMILES string of the molecule is CC(C)COc1cc(=O)[nH]c(=S)[nH]1. The zero-order valence-corrected chi connectivity index (χ0v) is 8.40. The van der Waals surface area contributed by atoms with Crippen molar-refractivity contribution in [3.05, 3.63) is 21.2 Å². The molecule has 13 heavy (non-hydrogen) atoms. The zero-order chi connectivity index (χ0) is 9.84. The fourth-order valence-electron chi connectivity index (χ4n) is 0.780. The zero-order valence-electron chi connectivity index (χ0n) is 7.59. The molecule has 0 saturated carbocycles. The summed E-state index contributed by atoms with van der Waals surface area (Å²) in [6.45, 7) is 4.62. The Morgan fingerprint density at radius 2 is 2.23 bits per heavy atom. The van der Waals surface area contributed by atoms with Crippen molar-refractivity contribution >= 4 is 12.2 Å². The lowest BCUT2D eigenvalue weighted by Crippen LogP contribution is -2.11. The lowest BCUT2D eigenvalue weighted by atomic mass is 10.2. The fourth-order valence-corrected chi connectivity index (χ4v) is 0.982. The van der Waals surface area contributed by atoms with Crippen molar-refractivity contribution in [2.45, 2.75) is 13.8 Å². The molecule has 0 fully saturated rings. The molecule has 1 aromatic heterocycles. The lowest BCUT2D eigenvalue weighted by molar-refractivity contribution is 0.260. The van der Waals surface area contributed by atoms with E-state index in [-0.39, 0.29) is 10.3 Å². The Morgan fingerprint density at radius 1 is 1.54 bits per heavy atom. The molecule has 0 aliphatic carbocycles. The Balaban J connectivity index is 2.78. The van der Waals surface area contributed by atoms with Crippen LogP contribution >= 0.6 is 12.2 Å². The van der Waals surface area contributed by atoms with Crippen molar-refractivity contribution < 1.29 is 4.74 Å². The molecule has 5 heteroatoms. The molecule has 1 rings (SSSR count). The maximum atomic E-state index is 10.9. The molecule has 0 unspecified atom stereocenters. The number of rotatable bonds is 3. The molecule has 0 radical (unpaired) electrons. The van der Waals surface area contributed by atoms with Gasteiger partial charge in [0.2, 0.25) is 0 Å². The van der Waals surface area contributed by atoms with Crippen LogP contribution in [0.25, 0.3) is 0 Å². The van der Waals surface area contributed by atoms with Crippen LogP contribution in [0.3, 0.4) is 0 Å². The molecule has 0 aliphatic rings. The van der Waals surface area contributed by atoms with E-state index in [1.54, 1.807) is 0 Å². The molecule has 0 amide bonds. The van der Waals surface area contributed by atoms with Gasteiger partial charge < -0.3 is 9.72 Å². The van der Waals surface area contributed by atoms with E-state index in [2.05, 4.69) is 9.97 Å². The van der Waals surface area contributed by atoms with Crippen LogP contribution in [-0.4, -0.2) is 16.6 Å². The van der Waals surface area contributed by atoms with Crippen molar-refractivity contribution in [3.63, 3.8) is 0 Å². The van der Waals surface area contributed by atoms with E-state index in [4.69, 9.17) is 17.0 Å². The van der Waals surface area contributed by atoms with Crippen molar-refractivity contribution in [2.75, 3.05) is 6.61 Å². The minimum atomic E-state index is -0.248. The van der Waals surface area contributed by atoms with Gasteiger partial charge in [0, 0.05) is 0 Å². The number of H-pyrrole nitrogens is 2. The molecule has 0 saturated heterocycles. The summed E-state index contributed by atoms with van der Waals surface area (Å²) in [5.41, 5.74) is -0.248. The first-order chi connectivity index (χ1) is 6.08. The van der Waals surface area contributed by atoms with Gasteiger partial charge in [-0.2, -0.15) is 0 Å². The average Bonchev–Trinajstić information content (AvgIpc) is 1.99. The van der Waals surface area contributed by atoms with Gasteiger partial charge in [-0.1, -0.05) is 13.8 Å². The molecule has 2 N–H and O–H groups in total. The molecule has 4 nitrogen and oxygen atoms in total. The second kappa shape index (κ2) is 4.23. The standard InChI is InChI=1S/C8H12N2O2S/c1-5(2)4-12-7-3-6(11)9-8(13)10-7/h3,5H,4H2,1-2H3,(H2,9,10,11,13). The molecule has 0 bridgehead atoms. The van der Waals surface area contributed by atoms with Crippen LogP contribution in [0.1, 0.15) is 13.8 Å². The van der Waals surface area contributed by atoms with Gasteiger partial charge in [0.1, 0.15) is 0 Å². The van der Waals surface area contributed by atoms with E-state index in [0.717, 1.165) is 0 Å². The third-order valence-electron chi connectivity index (χ3n) is 1.31. The minimum Gasteiger partial charge on any atom is -0.479 e. The molecular weight excluding hydrogens is 188 g/mol. The largest absolute Gasteiger partial charge is 0.479 e. The van der Waals surface area contributed by atoms with Crippen LogP contribution in [0.15, 0.2) is 10.9 Å². The highest BCUT2D eigenvalue weighted by atomic mass is 32.1. The molecule has 72 valence electrons. The number of hydrogen-bond donors (Lipinski definition) is 2. The third-order valence-corrected chi connectivity index (χ3v) is 1.51. The molecule has 0 atom stereocenters. The van der Waals surface area contributed by atoms with Crippen LogP contribution in [0.2, 0.25) is 0 Å². The Kier molecular flexibility index (Phi) is 3.25. The molecule has 1 aromatic rings. The van der Waals surface area contributed by atoms with E-state index in [0.29, 0.717) is 18.4 Å². The second-order valence-corrected chi connectivity index (χ2v) is 3.57. The van der Waals surface area contributed by atoms with Gasteiger partial charge in [0.05, 0.1) is 12.7 Å². The Bertz CT molecular complexity index is 352. The minimum absolute atomic E-state index is 0.248. The average molecular weight is 200 g/mol. The van der Waals surface area contributed by atoms with Crippen LogP contribution in [0.4, 0.5) is 0 Å². The number of nitrogens with one attached hydrogen (secondary N) is 2. The fraction of sp³-hybridized carbons (Fsp3) is 0.500. The van der Waals surface area contributed by atoms with Crippen molar-refractivity contribution in [3.8, 4) is 5.88 Å². The molecule has 0 spiro atoms. The maximum Gasteiger partial charge on any atom is 0.255 e. The van der Waals surface area contributed by atoms with Crippen molar-refractivity contribution in [1.29, 1.82) is 0 Å². The first kappa shape index (κ1) is 9.98. The van der Waals surface area contributed by atoms with Gasteiger partial charge in [-0.3, -0.25) is 9.78 Å². The smallest absolute Gasteiger partial charge is 0.255 e. The van der Waals surface area contributed by atoms with Gasteiger partial charge >= 0.3 is 0 Å². The molecular formula is C8H12N2O2S. The summed E-state index contributed by atoms with van der Waals surface area (Å²) in [6, 6.07) is 1.35. The first-order valence-electron chi connectivity index (χ1n) is 4.04. The number of hydrogen-bond acceptors (Lipinski definition) is 3. The van der Waals surface area contributed by atoms with Gasteiger partial charge in [0.25, 0.3) is 5.56 Å². The lowest BCUT2D eigenvalue weighted by Gasteiger charge is -2.07. The summed E-state index contributed by atoms with van der Waals surface area (Å²) in [7, 11) is 0. The van der Waals surface area contributed by atoms with Gasteiger partial charge in [0.15, 0.2) is 10.7 Å². The predicted molar refractivity (Wildman–Crippen MR) is 52.6 cm³/mol. The third kappa shape index (κ3) is 3.42. The predicted octanol–water partition coefficient (Wildman–Crippen LogP) is 1.47. The highest BCUT2D eigenvalue weighted by Crippen LogP contribution is 2.02. The number of ether oxygens (including phenoxy) is 1. The topological polar surface area (TPSA) is 57.9 Å². The van der Waals surface area contributed by atoms with Crippen molar-refractivity contribution in [1.82, 2.24) is 9.97 Å². The summed E-state index contributed by atoms with van der Waals surface area (Å²) in [6.07, 6.45) is 0. The van der Waals surface area contributed by atoms with Crippen LogP contribution < -0.4 is 10.3 Å². The first-order valence-corrected chi connectivity index (χ1v) is 4.45. The Morgan fingerprint density at radius 3 is 2.77 bits per heavy atom. The van der Waals surface area contributed by atoms with Crippen LogP contribution in [0, 0.1) is 10.7 Å². The molecule has 0 aliphatic heterocycles. The molecule has 1 heterocycles. The summed E-state index contributed by atoms with van der Waals surface area (Å²) < 4.78 is 5.57. The van der Waals surface area contributed by atoms with E-state index >= 15 is 0 Å². The summed E-state index contributed by atoms with van der Waals surface area (Å²) in [5.74, 6) is 0.837. The van der Waals surface area contributed by atoms with E-state index < -0.39 is 0 Å². The summed E-state index contributed by atoms with van der Waals surface area (Å²) in [5, 5.41) is 0. The summed E-state index contributed by atoms with van der Waals surface area (Å²) >= 11 is 4.78. The Hall–Kier alpha value is -1.10. The van der Waals surface area contributed by atoms with Gasteiger partial charge in [-0.25, -0.2) is 0 Å². The van der Waals surface area contributed by atoms with Gasteiger partial charge in [-0.05, 0) is 18.1 Å². The highest BCUT2D eigenvalue weighted by molar-refractivity contribution is 7.71. The second-order valence-electron chi connectivity index (χ2n) is 3.16. The Labute approximate surface area is 81.0 Å². The van der Waals surface area contributed by atoms with E-state index in [1.165, 1.54) is 6.07 Å². The monoisotopic (exact) mass is 200 g/mol. The number of aromatic nitrogens is 2. The number of aromatic amines is 2. The van der Waals surface area contributed by atoms with E-state index in [9.17, 15) is 4.79 Å². The summed E-state index contributed by atoms with van der Waals surface area (Å²) in [4.78, 5) is 16.1. The van der Waals surface area contributed by atoms with Crippen LogP contribution in [-0.2, 0) is 0 Å². The molecule has 0 aromatic carbocycles.